The summed E-state index contributed by atoms with van der Waals surface area (Å²) in [4.78, 5) is 34.5. The van der Waals surface area contributed by atoms with Gasteiger partial charge in [0.2, 0.25) is 0 Å². The van der Waals surface area contributed by atoms with Gasteiger partial charge in [0.1, 0.15) is 11.4 Å². The molecule has 11 heteroatoms. The summed E-state index contributed by atoms with van der Waals surface area (Å²) >= 11 is 12.6. The lowest BCUT2D eigenvalue weighted by Crippen LogP contribution is -2.51. The van der Waals surface area contributed by atoms with E-state index in [1.165, 1.54) is 0 Å². The normalized spacial score (nSPS) is 21.3. The number of amides is 2. The number of rotatable bonds is 9. The molecule has 0 radical (unpaired) electrons. The number of aliphatic imine (C=N–C) groups is 1. The van der Waals surface area contributed by atoms with Crippen LogP contribution in [0.3, 0.4) is 0 Å². The molecule has 228 valence electrons. The average molecular weight is 625 g/mol. The van der Waals surface area contributed by atoms with E-state index in [1.54, 1.807) is 12.1 Å². The lowest BCUT2D eigenvalue weighted by atomic mass is 9.69. The second-order valence-electron chi connectivity index (χ2n) is 12.7. The number of nitrogens with zero attached hydrogens (tertiary/aromatic N) is 5. The average Bonchev–Trinajstić information content (AvgIpc) is 3.60. The summed E-state index contributed by atoms with van der Waals surface area (Å²) in [6.45, 7) is 9.21. The summed E-state index contributed by atoms with van der Waals surface area (Å²) in [5.74, 6) is 0.636. The summed E-state index contributed by atoms with van der Waals surface area (Å²) in [5.41, 5.74) is 2.17. The molecule has 2 aliphatic rings. The summed E-state index contributed by atoms with van der Waals surface area (Å²) in [5, 5.41) is 17.3. The summed E-state index contributed by atoms with van der Waals surface area (Å²) in [7, 11) is 0. The minimum absolute atomic E-state index is 0.0874. The molecule has 2 aromatic carbocycles. The van der Waals surface area contributed by atoms with Gasteiger partial charge in [0.15, 0.2) is 5.82 Å². The van der Waals surface area contributed by atoms with Gasteiger partial charge < -0.3 is 10.2 Å². The standard InChI is InChI=1S/C32H39Cl2N7O2/c1-5-6-7-26(20-8-10-21(11-9-20)29(42)35-19-27-37-39-40-38-27)41-30(43)28(22-12-13-24(33)25(34)18-22)36-32(41)16-14-23(15-17-32)31(2,3)4/h8-13,18,23,26H,5-7,14-17,19H2,1-4H3,(H,35,42)(H,37,38,39,40). The molecule has 1 aliphatic heterocycles. The van der Waals surface area contributed by atoms with E-state index in [0.717, 1.165) is 50.5 Å². The lowest BCUT2D eigenvalue weighted by Gasteiger charge is -2.47. The van der Waals surface area contributed by atoms with Crippen molar-refractivity contribution in [3.05, 3.63) is 75.0 Å². The second kappa shape index (κ2) is 12.7. The van der Waals surface area contributed by atoms with Gasteiger partial charge in [-0.05, 0) is 73.3 Å². The molecule has 2 heterocycles. The highest BCUT2D eigenvalue weighted by Crippen LogP contribution is 2.50. The topological polar surface area (TPSA) is 116 Å². The minimum atomic E-state index is -0.640. The van der Waals surface area contributed by atoms with Crippen LogP contribution in [0.2, 0.25) is 10.0 Å². The minimum Gasteiger partial charge on any atom is -0.345 e. The van der Waals surface area contributed by atoms with Crippen molar-refractivity contribution in [2.75, 3.05) is 0 Å². The SMILES string of the molecule is CCCCC(c1ccc(C(=O)NCc2nn[nH]n2)cc1)N1C(=O)C(c2ccc(Cl)c(Cl)c2)=NC12CCC(C(C)(C)C)CC2. The van der Waals surface area contributed by atoms with Crippen molar-refractivity contribution in [2.24, 2.45) is 16.3 Å². The summed E-state index contributed by atoms with van der Waals surface area (Å²) in [6, 6.07) is 12.6. The number of carbonyl (C=O) groups excluding carboxylic acids is 2. The van der Waals surface area contributed by atoms with Gasteiger partial charge in [0.25, 0.3) is 11.8 Å². The van der Waals surface area contributed by atoms with Crippen LogP contribution in [0.15, 0.2) is 47.5 Å². The van der Waals surface area contributed by atoms with Gasteiger partial charge >= 0.3 is 0 Å². The fourth-order valence-corrected chi connectivity index (χ4v) is 6.69. The number of nitrogens with one attached hydrogen (secondary N) is 2. The highest BCUT2D eigenvalue weighted by atomic mass is 35.5. The number of carbonyl (C=O) groups is 2. The third-order valence-corrected chi connectivity index (χ3v) is 9.63. The lowest BCUT2D eigenvalue weighted by molar-refractivity contribution is -0.133. The first-order valence-electron chi connectivity index (χ1n) is 15.0. The molecule has 1 atom stereocenters. The first kappa shape index (κ1) is 31.1. The van der Waals surface area contributed by atoms with Gasteiger partial charge in [-0.3, -0.25) is 14.6 Å². The number of benzene rings is 2. The van der Waals surface area contributed by atoms with E-state index in [0.29, 0.717) is 38.6 Å². The Hall–Kier alpha value is -3.30. The molecule has 0 bridgehead atoms. The monoisotopic (exact) mass is 623 g/mol. The Kier molecular flexibility index (Phi) is 9.23. The molecule has 1 fully saturated rings. The van der Waals surface area contributed by atoms with Crippen molar-refractivity contribution in [1.29, 1.82) is 0 Å². The fourth-order valence-electron chi connectivity index (χ4n) is 6.39. The molecular weight excluding hydrogens is 585 g/mol. The highest BCUT2D eigenvalue weighted by Gasteiger charge is 2.52. The Morgan fingerprint density at radius 3 is 2.44 bits per heavy atom. The van der Waals surface area contributed by atoms with Gasteiger partial charge in [-0.2, -0.15) is 5.21 Å². The third-order valence-electron chi connectivity index (χ3n) is 8.89. The van der Waals surface area contributed by atoms with Crippen LogP contribution in [-0.4, -0.2) is 48.7 Å². The van der Waals surface area contributed by atoms with E-state index in [-0.39, 0.29) is 29.8 Å². The van der Waals surface area contributed by atoms with E-state index in [9.17, 15) is 9.59 Å². The maximum atomic E-state index is 14.4. The van der Waals surface area contributed by atoms with Crippen LogP contribution in [0.25, 0.3) is 0 Å². The van der Waals surface area contributed by atoms with Crippen molar-refractivity contribution in [3.63, 3.8) is 0 Å². The van der Waals surface area contributed by atoms with Gasteiger partial charge in [-0.15, -0.1) is 10.2 Å². The van der Waals surface area contributed by atoms with E-state index in [4.69, 9.17) is 28.2 Å². The van der Waals surface area contributed by atoms with Crippen LogP contribution in [0, 0.1) is 11.3 Å². The first-order valence-corrected chi connectivity index (χ1v) is 15.8. The van der Waals surface area contributed by atoms with Gasteiger partial charge in [0.05, 0.1) is 22.6 Å². The smallest absolute Gasteiger partial charge is 0.275 e. The maximum Gasteiger partial charge on any atom is 0.275 e. The third kappa shape index (κ3) is 6.63. The Morgan fingerprint density at radius 1 is 1.12 bits per heavy atom. The van der Waals surface area contributed by atoms with Crippen LogP contribution in [0.1, 0.15) is 106 Å². The van der Waals surface area contributed by atoms with Crippen LogP contribution in [0.5, 0.6) is 0 Å². The molecule has 9 nitrogen and oxygen atoms in total. The zero-order valence-corrected chi connectivity index (χ0v) is 26.7. The predicted octanol–water partition coefficient (Wildman–Crippen LogP) is 6.93. The molecule has 1 aromatic heterocycles. The summed E-state index contributed by atoms with van der Waals surface area (Å²) < 4.78 is 0. The number of hydrogen-bond acceptors (Lipinski definition) is 6. The van der Waals surface area contributed by atoms with E-state index in [2.05, 4.69) is 53.6 Å². The Morgan fingerprint density at radius 2 is 1.84 bits per heavy atom. The van der Waals surface area contributed by atoms with Crippen LogP contribution >= 0.6 is 23.2 Å². The van der Waals surface area contributed by atoms with Crippen molar-refractivity contribution in [3.8, 4) is 0 Å². The van der Waals surface area contributed by atoms with E-state index >= 15 is 0 Å². The predicted molar refractivity (Wildman–Crippen MR) is 168 cm³/mol. The number of hydrogen-bond donors (Lipinski definition) is 2. The number of H-pyrrole nitrogens is 1. The number of aromatic amines is 1. The van der Waals surface area contributed by atoms with Gasteiger partial charge in [-0.1, -0.05) is 87.2 Å². The zero-order chi connectivity index (χ0) is 30.8. The molecule has 0 saturated heterocycles. The maximum absolute atomic E-state index is 14.4. The summed E-state index contributed by atoms with van der Waals surface area (Å²) in [6.07, 6.45) is 6.31. The highest BCUT2D eigenvalue weighted by molar-refractivity contribution is 6.48. The number of halogens is 2. The number of unbranched alkanes of at least 4 members (excludes halogenated alkanes) is 1. The number of aromatic nitrogens is 4. The molecule has 1 spiro atoms. The molecule has 1 saturated carbocycles. The number of tetrazole rings is 1. The molecule has 1 unspecified atom stereocenters. The molecule has 2 N–H and O–H groups in total. The van der Waals surface area contributed by atoms with Crippen LogP contribution in [0.4, 0.5) is 0 Å². The Balaban J connectivity index is 1.47. The van der Waals surface area contributed by atoms with Gasteiger partial charge in [0, 0.05) is 11.1 Å². The van der Waals surface area contributed by atoms with Crippen molar-refractivity contribution in [2.45, 2.75) is 90.9 Å². The molecule has 43 heavy (non-hydrogen) atoms. The van der Waals surface area contributed by atoms with E-state index in [1.807, 2.05) is 35.2 Å². The van der Waals surface area contributed by atoms with Crippen LogP contribution in [-0.2, 0) is 11.3 Å². The van der Waals surface area contributed by atoms with Crippen molar-refractivity contribution >= 4 is 40.7 Å². The molecule has 2 amide bonds. The quantitative estimate of drug-likeness (QED) is 0.268. The Bertz CT molecular complexity index is 1470. The first-order chi connectivity index (χ1) is 20.5. The van der Waals surface area contributed by atoms with Gasteiger partial charge in [-0.25, -0.2) is 0 Å². The molecule has 1 aliphatic carbocycles. The van der Waals surface area contributed by atoms with Crippen molar-refractivity contribution < 1.29 is 9.59 Å². The fraction of sp³-hybridized carbons (Fsp3) is 0.500. The second-order valence-corrected chi connectivity index (χ2v) is 13.5. The Labute approximate surface area is 262 Å². The van der Waals surface area contributed by atoms with E-state index < -0.39 is 5.66 Å². The largest absolute Gasteiger partial charge is 0.345 e. The zero-order valence-electron chi connectivity index (χ0n) is 25.2. The molecule has 5 rings (SSSR count). The molecule has 3 aromatic rings. The molecular formula is C32H39Cl2N7O2. The van der Waals surface area contributed by atoms with Crippen LogP contribution < -0.4 is 5.32 Å². The van der Waals surface area contributed by atoms with Crippen molar-refractivity contribution in [1.82, 2.24) is 30.8 Å².